The minimum Gasteiger partial charge on any atom is -0.395 e. The summed E-state index contributed by atoms with van der Waals surface area (Å²) < 4.78 is 0. The SMILES string of the molecule is O=C(Nc1cccnn1)c1sccc1C#CCCO. The second-order valence-electron chi connectivity index (χ2n) is 3.50. The summed E-state index contributed by atoms with van der Waals surface area (Å²) in [6, 6.07) is 5.13. The molecule has 2 heterocycles. The maximum absolute atomic E-state index is 12.0. The van der Waals surface area contributed by atoms with Crippen LogP contribution in [0.1, 0.15) is 21.7 Å². The molecule has 0 atom stereocenters. The Labute approximate surface area is 114 Å². The molecule has 2 aromatic rings. The molecule has 0 fully saturated rings. The third kappa shape index (κ3) is 3.61. The van der Waals surface area contributed by atoms with E-state index in [1.165, 1.54) is 17.5 Å². The smallest absolute Gasteiger partial charge is 0.268 e. The molecule has 6 heteroatoms. The number of rotatable bonds is 3. The van der Waals surface area contributed by atoms with Crippen LogP contribution in [0.5, 0.6) is 0 Å². The molecule has 2 rings (SSSR count). The van der Waals surface area contributed by atoms with Gasteiger partial charge in [0.15, 0.2) is 5.82 Å². The zero-order valence-corrected chi connectivity index (χ0v) is 10.8. The zero-order chi connectivity index (χ0) is 13.5. The highest BCUT2D eigenvalue weighted by atomic mass is 32.1. The number of aliphatic hydroxyl groups excluding tert-OH is 1. The highest BCUT2D eigenvalue weighted by Gasteiger charge is 2.12. The van der Waals surface area contributed by atoms with Crippen molar-refractivity contribution in [3.05, 3.63) is 40.2 Å². The van der Waals surface area contributed by atoms with Crippen molar-refractivity contribution in [2.24, 2.45) is 0 Å². The first-order chi connectivity index (χ1) is 9.31. The van der Waals surface area contributed by atoms with Crippen LogP contribution in [0.15, 0.2) is 29.8 Å². The fraction of sp³-hybridized carbons (Fsp3) is 0.154. The van der Waals surface area contributed by atoms with Gasteiger partial charge in [0.1, 0.15) is 4.88 Å². The lowest BCUT2D eigenvalue weighted by Crippen LogP contribution is -2.12. The highest BCUT2D eigenvalue weighted by Crippen LogP contribution is 2.17. The number of nitrogens with zero attached hydrogens (tertiary/aromatic N) is 2. The van der Waals surface area contributed by atoms with E-state index in [-0.39, 0.29) is 12.5 Å². The van der Waals surface area contributed by atoms with Crippen molar-refractivity contribution in [2.75, 3.05) is 11.9 Å². The van der Waals surface area contributed by atoms with Gasteiger partial charge in [-0.3, -0.25) is 4.79 Å². The number of anilines is 1. The van der Waals surface area contributed by atoms with Crippen LogP contribution >= 0.6 is 11.3 Å². The molecule has 0 saturated heterocycles. The molecule has 0 aliphatic rings. The van der Waals surface area contributed by atoms with Gasteiger partial charge in [0, 0.05) is 18.2 Å². The second-order valence-corrected chi connectivity index (χ2v) is 4.42. The maximum atomic E-state index is 12.0. The van der Waals surface area contributed by atoms with E-state index in [0.29, 0.717) is 22.7 Å². The molecule has 0 bridgehead atoms. The fourth-order valence-corrected chi connectivity index (χ4v) is 2.08. The summed E-state index contributed by atoms with van der Waals surface area (Å²) in [5.41, 5.74) is 0.653. The van der Waals surface area contributed by atoms with Gasteiger partial charge >= 0.3 is 0 Å². The van der Waals surface area contributed by atoms with Gasteiger partial charge in [-0.15, -0.1) is 16.4 Å². The Bertz CT molecular complexity index is 614. The van der Waals surface area contributed by atoms with E-state index >= 15 is 0 Å². The first-order valence-electron chi connectivity index (χ1n) is 5.57. The topological polar surface area (TPSA) is 75.1 Å². The van der Waals surface area contributed by atoms with Crippen LogP contribution in [0.2, 0.25) is 0 Å². The lowest BCUT2D eigenvalue weighted by molar-refractivity contribution is 0.103. The van der Waals surface area contributed by atoms with Crippen LogP contribution in [0.4, 0.5) is 5.82 Å². The van der Waals surface area contributed by atoms with Gasteiger partial charge in [-0.05, 0) is 23.6 Å². The van der Waals surface area contributed by atoms with Gasteiger partial charge in [0.05, 0.1) is 6.61 Å². The van der Waals surface area contributed by atoms with E-state index < -0.39 is 0 Å². The fourth-order valence-electron chi connectivity index (χ4n) is 1.34. The van der Waals surface area contributed by atoms with Gasteiger partial charge < -0.3 is 10.4 Å². The Morgan fingerprint density at radius 2 is 2.37 bits per heavy atom. The van der Waals surface area contributed by atoms with E-state index in [9.17, 15) is 4.79 Å². The van der Waals surface area contributed by atoms with E-state index in [1.807, 2.05) is 0 Å². The number of hydrogen-bond donors (Lipinski definition) is 2. The molecule has 1 amide bonds. The number of nitrogens with one attached hydrogen (secondary N) is 1. The number of aromatic nitrogens is 2. The molecule has 0 aliphatic heterocycles. The Morgan fingerprint density at radius 1 is 1.47 bits per heavy atom. The second kappa shape index (κ2) is 6.64. The molecule has 5 nitrogen and oxygen atoms in total. The number of amides is 1. The normalized spacial score (nSPS) is 9.53. The average Bonchev–Trinajstić information content (AvgIpc) is 2.89. The predicted octanol–water partition coefficient (Wildman–Crippen LogP) is 1.52. The Morgan fingerprint density at radius 3 is 3.11 bits per heavy atom. The third-order valence-electron chi connectivity index (χ3n) is 2.15. The molecule has 0 spiro atoms. The number of hydrogen-bond acceptors (Lipinski definition) is 5. The minimum atomic E-state index is -0.260. The van der Waals surface area contributed by atoms with Crippen LogP contribution in [0.25, 0.3) is 0 Å². The van der Waals surface area contributed by atoms with Crippen molar-refractivity contribution in [2.45, 2.75) is 6.42 Å². The van der Waals surface area contributed by atoms with Crippen molar-refractivity contribution in [1.29, 1.82) is 0 Å². The summed E-state index contributed by atoms with van der Waals surface area (Å²) >= 11 is 1.31. The summed E-state index contributed by atoms with van der Waals surface area (Å²) in [6.07, 6.45) is 1.92. The number of aliphatic hydroxyl groups is 1. The van der Waals surface area contributed by atoms with Gasteiger partial charge in [0.2, 0.25) is 0 Å². The van der Waals surface area contributed by atoms with Crippen molar-refractivity contribution in [1.82, 2.24) is 10.2 Å². The maximum Gasteiger partial charge on any atom is 0.268 e. The van der Waals surface area contributed by atoms with E-state index in [0.717, 1.165) is 0 Å². The van der Waals surface area contributed by atoms with E-state index in [1.54, 1.807) is 23.6 Å². The molecule has 2 N–H and O–H groups in total. The van der Waals surface area contributed by atoms with Crippen LogP contribution < -0.4 is 5.32 Å². The van der Waals surface area contributed by atoms with Crippen LogP contribution in [-0.4, -0.2) is 27.8 Å². The summed E-state index contributed by atoms with van der Waals surface area (Å²) in [7, 11) is 0. The molecule has 96 valence electrons. The molecule has 0 unspecified atom stereocenters. The zero-order valence-electron chi connectivity index (χ0n) is 9.96. The molecular weight excluding hydrogens is 262 g/mol. The quantitative estimate of drug-likeness (QED) is 0.831. The molecule has 2 aromatic heterocycles. The number of thiophene rings is 1. The first-order valence-corrected chi connectivity index (χ1v) is 6.45. The first kappa shape index (κ1) is 13.2. The minimum absolute atomic E-state index is 0.0122. The van der Waals surface area contributed by atoms with Gasteiger partial charge in [-0.1, -0.05) is 11.8 Å². The Hall–Kier alpha value is -2.23. The number of carbonyl (C=O) groups excluding carboxylic acids is 1. The van der Waals surface area contributed by atoms with Crippen molar-refractivity contribution in [3.8, 4) is 11.8 Å². The predicted molar refractivity (Wildman–Crippen MR) is 72.9 cm³/mol. The molecule has 0 saturated carbocycles. The largest absolute Gasteiger partial charge is 0.395 e. The van der Waals surface area contributed by atoms with Crippen molar-refractivity contribution in [3.63, 3.8) is 0 Å². The third-order valence-corrected chi connectivity index (χ3v) is 3.06. The van der Waals surface area contributed by atoms with Crippen LogP contribution in [0, 0.1) is 11.8 Å². The van der Waals surface area contributed by atoms with Crippen LogP contribution in [0.3, 0.4) is 0 Å². The van der Waals surface area contributed by atoms with Crippen molar-refractivity contribution >= 4 is 23.1 Å². The molecule has 0 aliphatic carbocycles. The van der Waals surface area contributed by atoms with Gasteiger partial charge in [-0.25, -0.2) is 0 Å². The number of carbonyl (C=O) groups is 1. The van der Waals surface area contributed by atoms with Gasteiger partial charge in [-0.2, -0.15) is 5.10 Å². The lowest BCUT2D eigenvalue weighted by Gasteiger charge is -2.01. The summed E-state index contributed by atoms with van der Waals surface area (Å²) in [5.74, 6) is 5.80. The molecular formula is C13H11N3O2S. The average molecular weight is 273 g/mol. The van der Waals surface area contributed by atoms with Gasteiger partial charge in [0.25, 0.3) is 5.91 Å². The summed E-state index contributed by atoms with van der Waals surface area (Å²) in [6.45, 7) is 0.0122. The van der Waals surface area contributed by atoms with Crippen molar-refractivity contribution < 1.29 is 9.90 Å². The summed E-state index contributed by atoms with van der Waals surface area (Å²) in [4.78, 5) is 12.6. The monoisotopic (exact) mass is 273 g/mol. The standard InChI is InChI=1S/C13H11N3O2S/c17-8-2-1-4-10-6-9-19-12(10)13(18)15-11-5-3-7-14-16-11/h3,5-7,9,17H,2,8H2,(H,15,16,18). The molecule has 0 radical (unpaired) electrons. The molecule has 19 heavy (non-hydrogen) atoms. The Kier molecular flexibility index (Phi) is 4.61. The molecule has 0 aromatic carbocycles. The lowest BCUT2D eigenvalue weighted by atomic mass is 10.2. The highest BCUT2D eigenvalue weighted by molar-refractivity contribution is 7.12. The summed E-state index contributed by atoms with van der Waals surface area (Å²) in [5, 5.41) is 20.6. The van der Waals surface area contributed by atoms with E-state index in [2.05, 4.69) is 27.4 Å². The van der Waals surface area contributed by atoms with Crippen LogP contribution in [-0.2, 0) is 0 Å². The Balaban J connectivity index is 2.12. The van der Waals surface area contributed by atoms with E-state index in [4.69, 9.17) is 5.11 Å².